The lowest BCUT2D eigenvalue weighted by molar-refractivity contribution is 0.183. The second-order valence-electron chi connectivity index (χ2n) is 6.31. The summed E-state index contributed by atoms with van der Waals surface area (Å²) in [5.74, 6) is 1.06. The Morgan fingerprint density at radius 3 is 2.83 bits per heavy atom. The van der Waals surface area contributed by atoms with Gasteiger partial charge in [0.1, 0.15) is 0 Å². The highest BCUT2D eigenvalue weighted by atomic mass is 16.5. The van der Waals surface area contributed by atoms with Gasteiger partial charge in [-0.25, -0.2) is 0 Å². The lowest BCUT2D eigenvalue weighted by Crippen LogP contribution is -2.23. The highest BCUT2D eigenvalue weighted by Crippen LogP contribution is 2.32. The molecule has 124 valence electrons. The number of ether oxygens (including phenoxy) is 1. The van der Waals surface area contributed by atoms with Gasteiger partial charge in [-0.1, -0.05) is 30.3 Å². The average Bonchev–Trinajstić information content (AvgIpc) is 3.20. The lowest BCUT2D eigenvalue weighted by atomic mass is 9.89. The van der Waals surface area contributed by atoms with Crippen molar-refractivity contribution >= 4 is 0 Å². The molecule has 2 aromatic rings. The van der Waals surface area contributed by atoms with Crippen molar-refractivity contribution in [2.24, 2.45) is 11.7 Å². The summed E-state index contributed by atoms with van der Waals surface area (Å²) in [5, 5.41) is 4.40. The van der Waals surface area contributed by atoms with Crippen molar-refractivity contribution in [2.75, 3.05) is 33.4 Å². The van der Waals surface area contributed by atoms with Crippen LogP contribution in [-0.2, 0) is 17.8 Å². The molecule has 0 radical (unpaired) electrons. The Bertz CT molecular complexity index is 598. The first kappa shape index (κ1) is 16.2. The number of methoxy groups -OCH3 is 1. The number of aromatic nitrogens is 2. The zero-order chi connectivity index (χ0) is 16.1. The molecule has 1 aromatic carbocycles. The predicted molar refractivity (Wildman–Crippen MR) is 91.1 cm³/mol. The van der Waals surface area contributed by atoms with Crippen LogP contribution >= 0.6 is 0 Å². The molecule has 5 heteroatoms. The molecule has 0 unspecified atom stereocenters. The van der Waals surface area contributed by atoms with Crippen LogP contribution in [0.15, 0.2) is 42.7 Å². The van der Waals surface area contributed by atoms with Crippen molar-refractivity contribution in [3.05, 3.63) is 53.9 Å². The van der Waals surface area contributed by atoms with Crippen molar-refractivity contribution in [3.8, 4) is 0 Å². The molecule has 2 heterocycles. The fourth-order valence-electron chi connectivity index (χ4n) is 3.46. The summed E-state index contributed by atoms with van der Waals surface area (Å²) in [4.78, 5) is 2.49. The van der Waals surface area contributed by atoms with Crippen molar-refractivity contribution in [2.45, 2.75) is 19.0 Å². The summed E-state index contributed by atoms with van der Waals surface area (Å²) >= 11 is 0. The summed E-state index contributed by atoms with van der Waals surface area (Å²) in [5.41, 5.74) is 8.68. The van der Waals surface area contributed by atoms with E-state index >= 15 is 0 Å². The van der Waals surface area contributed by atoms with E-state index < -0.39 is 0 Å². The number of nitrogens with two attached hydrogens (primary N) is 1. The van der Waals surface area contributed by atoms with Crippen molar-refractivity contribution in [3.63, 3.8) is 0 Å². The minimum Gasteiger partial charge on any atom is -0.383 e. The number of benzene rings is 1. The molecular formula is C18H26N4O. The molecule has 3 rings (SSSR count). The fourth-order valence-corrected chi connectivity index (χ4v) is 3.46. The Morgan fingerprint density at radius 1 is 1.26 bits per heavy atom. The maximum atomic E-state index is 6.02. The minimum absolute atomic E-state index is 0.529. The number of likely N-dealkylation sites (tertiary alicyclic amines) is 1. The molecule has 1 aromatic heterocycles. The Morgan fingerprint density at radius 2 is 2.09 bits per heavy atom. The monoisotopic (exact) mass is 314 g/mol. The van der Waals surface area contributed by atoms with Crippen LogP contribution in [-0.4, -0.2) is 48.0 Å². The van der Waals surface area contributed by atoms with Gasteiger partial charge >= 0.3 is 0 Å². The van der Waals surface area contributed by atoms with Crippen LogP contribution in [0.5, 0.6) is 0 Å². The number of hydrogen-bond donors (Lipinski definition) is 1. The van der Waals surface area contributed by atoms with Gasteiger partial charge < -0.3 is 10.5 Å². The molecule has 0 bridgehead atoms. The van der Waals surface area contributed by atoms with E-state index in [9.17, 15) is 0 Å². The third kappa shape index (κ3) is 3.99. The largest absolute Gasteiger partial charge is 0.383 e. The molecule has 0 aliphatic carbocycles. The Balaban J connectivity index is 1.62. The minimum atomic E-state index is 0.529. The van der Waals surface area contributed by atoms with E-state index in [0.717, 1.165) is 32.7 Å². The quantitative estimate of drug-likeness (QED) is 0.845. The van der Waals surface area contributed by atoms with Gasteiger partial charge in [-0.2, -0.15) is 5.10 Å². The van der Waals surface area contributed by atoms with Crippen molar-refractivity contribution in [1.82, 2.24) is 14.7 Å². The van der Waals surface area contributed by atoms with E-state index in [1.807, 2.05) is 10.9 Å². The summed E-state index contributed by atoms with van der Waals surface area (Å²) in [6.45, 7) is 5.29. The molecular weight excluding hydrogens is 288 g/mol. The number of hydrogen-bond acceptors (Lipinski definition) is 4. The SMILES string of the molecule is COCCn1cc(CN2C[C@@H](CN)[C@H](c3ccccc3)C2)cn1. The van der Waals surface area contributed by atoms with E-state index in [0.29, 0.717) is 18.4 Å². The second kappa shape index (κ2) is 7.73. The van der Waals surface area contributed by atoms with Gasteiger partial charge in [-0.3, -0.25) is 9.58 Å². The maximum absolute atomic E-state index is 6.02. The first-order valence-electron chi connectivity index (χ1n) is 8.27. The predicted octanol–water partition coefficient (Wildman–Crippen LogP) is 1.70. The first-order valence-corrected chi connectivity index (χ1v) is 8.27. The molecule has 0 saturated carbocycles. The molecule has 0 amide bonds. The topological polar surface area (TPSA) is 56.3 Å². The average molecular weight is 314 g/mol. The molecule has 1 aliphatic rings. The molecule has 23 heavy (non-hydrogen) atoms. The van der Waals surface area contributed by atoms with Gasteiger partial charge in [-0.15, -0.1) is 0 Å². The molecule has 1 fully saturated rings. The fraction of sp³-hybridized carbons (Fsp3) is 0.500. The van der Waals surface area contributed by atoms with Crippen LogP contribution in [0.4, 0.5) is 0 Å². The molecule has 2 atom stereocenters. The molecule has 1 saturated heterocycles. The van der Waals surface area contributed by atoms with Gasteiger partial charge in [0.05, 0.1) is 19.3 Å². The standard InChI is InChI=1S/C18H26N4O/c1-23-8-7-22-12-15(10-20-22)11-21-13-17(9-19)18(14-21)16-5-3-2-4-6-16/h2-6,10,12,17-18H,7-9,11,13-14,19H2,1H3/t17-,18+/m1/s1. The van der Waals surface area contributed by atoms with Crippen LogP contribution in [0, 0.1) is 5.92 Å². The van der Waals surface area contributed by atoms with Crippen LogP contribution in [0.3, 0.4) is 0 Å². The van der Waals surface area contributed by atoms with Crippen LogP contribution in [0.1, 0.15) is 17.0 Å². The zero-order valence-corrected chi connectivity index (χ0v) is 13.8. The third-order valence-corrected chi connectivity index (χ3v) is 4.66. The highest BCUT2D eigenvalue weighted by molar-refractivity contribution is 5.22. The normalized spacial score (nSPS) is 21.8. The van der Waals surface area contributed by atoms with Crippen molar-refractivity contribution in [1.29, 1.82) is 0 Å². The Kier molecular flexibility index (Phi) is 5.43. The third-order valence-electron chi connectivity index (χ3n) is 4.66. The van der Waals surface area contributed by atoms with E-state index in [1.165, 1.54) is 11.1 Å². The highest BCUT2D eigenvalue weighted by Gasteiger charge is 2.32. The van der Waals surface area contributed by atoms with E-state index in [-0.39, 0.29) is 0 Å². The van der Waals surface area contributed by atoms with Crippen molar-refractivity contribution < 1.29 is 4.74 Å². The molecule has 2 N–H and O–H groups in total. The van der Waals surface area contributed by atoms with Crippen LogP contribution in [0.2, 0.25) is 0 Å². The molecule has 5 nitrogen and oxygen atoms in total. The van der Waals surface area contributed by atoms with Gasteiger partial charge in [0.2, 0.25) is 0 Å². The number of nitrogens with zero attached hydrogens (tertiary/aromatic N) is 3. The van der Waals surface area contributed by atoms with Crippen LogP contribution < -0.4 is 5.73 Å². The summed E-state index contributed by atoms with van der Waals surface area (Å²) in [7, 11) is 1.71. The van der Waals surface area contributed by atoms with E-state index in [1.54, 1.807) is 7.11 Å². The van der Waals surface area contributed by atoms with Gasteiger partial charge in [0, 0.05) is 44.4 Å². The molecule has 1 aliphatic heterocycles. The van der Waals surface area contributed by atoms with Gasteiger partial charge in [-0.05, 0) is 18.0 Å². The maximum Gasteiger partial charge on any atom is 0.0658 e. The Hall–Kier alpha value is -1.69. The Labute approximate surface area is 138 Å². The smallest absolute Gasteiger partial charge is 0.0658 e. The number of rotatable bonds is 7. The van der Waals surface area contributed by atoms with Gasteiger partial charge in [0.15, 0.2) is 0 Å². The summed E-state index contributed by atoms with van der Waals surface area (Å²) in [6.07, 6.45) is 4.08. The van der Waals surface area contributed by atoms with Crippen LogP contribution in [0.25, 0.3) is 0 Å². The summed E-state index contributed by atoms with van der Waals surface area (Å²) in [6, 6.07) is 10.7. The lowest BCUT2D eigenvalue weighted by Gasteiger charge is -2.16. The zero-order valence-electron chi connectivity index (χ0n) is 13.8. The van der Waals surface area contributed by atoms with Gasteiger partial charge in [0.25, 0.3) is 0 Å². The second-order valence-corrected chi connectivity index (χ2v) is 6.31. The van der Waals surface area contributed by atoms with E-state index in [2.05, 4.69) is 46.5 Å². The first-order chi connectivity index (χ1) is 11.3. The summed E-state index contributed by atoms with van der Waals surface area (Å²) < 4.78 is 7.04. The van der Waals surface area contributed by atoms with E-state index in [4.69, 9.17) is 10.5 Å². The molecule has 0 spiro atoms.